The first kappa shape index (κ1) is 15.9. The van der Waals surface area contributed by atoms with Crippen LogP contribution in [0.4, 0.5) is 0 Å². The van der Waals surface area contributed by atoms with Gasteiger partial charge in [-0.3, -0.25) is 4.79 Å². The highest BCUT2D eigenvalue weighted by Crippen LogP contribution is 2.26. The van der Waals surface area contributed by atoms with Crippen molar-refractivity contribution in [1.29, 1.82) is 0 Å². The van der Waals surface area contributed by atoms with Crippen molar-refractivity contribution >= 4 is 11.9 Å². The molecule has 0 bridgehead atoms. The van der Waals surface area contributed by atoms with E-state index in [1.54, 1.807) is 0 Å². The lowest BCUT2D eigenvalue weighted by atomic mass is 9.84. The molecule has 1 saturated carbocycles. The summed E-state index contributed by atoms with van der Waals surface area (Å²) < 4.78 is 4.86. The predicted octanol–water partition coefficient (Wildman–Crippen LogP) is 0.500. The second-order valence-electron chi connectivity index (χ2n) is 5.11. The van der Waals surface area contributed by atoms with Gasteiger partial charge in [-0.25, -0.2) is 4.79 Å². The molecule has 1 rings (SSSR count). The van der Waals surface area contributed by atoms with Gasteiger partial charge in [0.1, 0.15) is 6.04 Å². The number of hydrogen-bond acceptors (Lipinski definition) is 4. The summed E-state index contributed by atoms with van der Waals surface area (Å²) in [6, 6.07) is -1.54. The van der Waals surface area contributed by atoms with Gasteiger partial charge in [-0.05, 0) is 25.2 Å². The third-order valence-corrected chi connectivity index (χ3v) is 3.65. The van der Waals surface area contributed by atoms with E-state index < -0.39 is 24.0 Å². The molecule has 0 aromatic heterocycles. The summed E-state index contributed by atoms with van der Waals surface area (Å²) in [6.07, 6.45) is 5.29. The molecule has 0 spiro atoms. The first-order chi connectivity index (χ1) is 9.06. The molecule has 2 atom stereocenters. The van der Waals surface area contributed by atoms with Crippen LogP contribution in [-0.2, 0) is 14.3 Å². The average molecular weight is 272 g/mol. The first-order valence-corrected chi connectivity index (χ1v) is 6.84. The maximum atomic E-state index is 11.9. The lowest BCUT2D eigenvalue weighted by Gasteiger charge is -2.28. The molecule has 0 aliphatic heterocycles. The van der Waals surface area contributed by atoms with Crippen molar-refractivity contribution in [2.45, 2.75) is 50.6 Å². The molecule has 6 nitrogen and oxygen atoms in total. The zero-order valence-corrected chi connectivity index (χ0v) is 11.4. The van der Waals surface area contributed by atoms with Crippen molar-refractivity contribution in [1.82, 2.24) is 5.32 Å². The van der Waals surface area contributed by atoms with E-state index in [0.717, 1.165) is 32.1 Å². The molecule has 0 heterocycles. The van der Waals surface area contributed by atoms with Crippen LogP contribution in [0.3, 0.4) is 0 Å². The Morgan fingerprint density at radius 3 is 2.53 bits per heavy atom. The summed E-state index contributed by atoms with van der Waals surface area (Å²) in [5.41, 5.74) is 5.70. The fourth-order valence-corrected chi connectivity index (χ4v) is 2.48. The molecule has 2 unspecified atom stereocenters. The summed E-state index contributed by atoms with van der Waals surface area (Å²) >= 11 is 0. The number of carbonyl (C=O) groups excluding carboxylic acids is 1. The van der Waals surface area contributed by atoms with Gasteiger partial charge in [0.2, 0.25) is 5.91 Å². The Labute approximate surface area is 113 Å². The predicted molar refractivity (Wildman–Crippen MR) is 70.6 cm³/mol. The molecular formula is C13H24N2O4. The minimum atomic E-state index is -0.973. The van der Waals surface area contributed by atoms with Crippen LogP contribution in [0.5, 0.6) is 0 Å². The van der Waals surface area contributed by atoms with Gasteiger partial charge in [0.25, 0.3) is 0 Å². The number of methoxy groups -OCH3 is 1. The van der Waals surface area contributed by atoms with Gasteiger partial charge < -0.3 is 20.9 Å². The first-order valence-electron chi connectivity index (χ1n) is 6.84. The number of carboxylic acid groups (broad SMARTS) is 1. The van der Waals surface area contributed by atoms with Gasteiger partial charge in [-0.1, -0.05) is 19.3 Å². The third-order valence-electron chi connectivity index (χ3n) is 3.65. The lowest BCUT2D eigenvalue weighted by Crippen LogP contribution is -2.52. The molecular weight excluding hydrogens is 248 g/mol. The summed E-state index contributed by atoms with van der Waals surface area (Å²) in [7, 11) is 1.53. The van der Waals surface area contributed by atoms with E-state index in [-0.39, 0.29) is 5.92 Å². The number of hydrogen-bond donors (Lipinski definition) is 3. The van der Waals surface area contributed by atoms with E-state index in [2.05, 4.69) is 5.32 Å². The number of nitrogens with one attached hydrogen (secondary N) is 1. The Morgan fingerprint density at radius 1 is 1.37 bits per heavy atom. The smallest absolute Gasteiger partial charge is 0.326 e. The Morgan fingerprint density at radius 2 is 2.00 bits per heavy atom. The number of nitrogens with two attached hydrogens (primary N) is 1. The minimum Gasteiger partial charge on any atom is -0.480 e. The van der Waals surface area contributed by atoms with Crippen LogP contribution in [0.2, 0.25) is 0 Å². The molecule has 1 amide bonds. The summed E-state index contributed by atoms with van der Waals surface area (Å²) in [5, 5.41) is 11.8. The van der Waals surface area contributed by atoms with Crippen LogP contribution in [-0.4, -0.2) is 42.8 Å². The molecule has 19 heavy (non-hydrogen) atoms. The third kappa shape index (κ3) is 5.16. The Bertz CT molecular complexity index is 303. The maximum absolute atomic E-state index is 11.9. The minimum absolute atomic E-state index is 0.0184. The normalized spacial score (nSPS) is 19.7. The molecule has 1 aliphatic rings. The SMILES string of the molecule is COCCC(N)C(=O)NC(C(=O)O)C1CCCCC1. The van der Waals surface area contributed by atoms with Crippen molar-refractivity contribution in [3.63, 3.8) is 0 Å². The summed E-state index contributed by atoms with van der Waals surface area (Å²) in [4.78, 5) is 23.1. The zero-order chi connectivity index (χ0) is 14.3. The van der Waals surface area contributed by atoms with E-state index in [1.165, 1.54) is 7.11 Å². The van der Waals surface area contributed by atoms with Crippen molar-refractivity contribution in [3.05, 3.63) is 0 Å². The van der Waals surface area contributed by atoms with E-state index in [0.29, 0.717) is 13.0 Å². The highest BCUT2D eigenvalue weighted by Gasteiger charge is 2.31. The quantitative estimate of drug-likeness (QED) is 0.626. The van der Waals surface area contributed by atoms with Gasteiger partial charge in [-0.2, -0.15) is 0 Å². The molecule has 110 valence electrons. The topological polar surface area (TPSA) is 102 Å². The Hall–Kier alpha value is -1.14. The van der Waals surface area contributed by atoms with Crippen LogP contribution in [0.25, 0.3) is 0 Å². The molecule has 4 N–H and O–H groups in total. The van der Waals surface area contributed by atoms with Gasteiger partial charge in [0, 0.05) is 13.7 Å². The molecule has 6 heteroatoms. The monoisotopic (exact) mass is 272 g/mol. The highest BCUT2D eigenvalue weighted by molar-refractivity contribution is 5.86. The average Bonchev–Trinajstić information content (AvgIpc) is 2.42. The van der Waals surface area contributed by atoms with Gasteiger partial charge in [0.05, 0.1) is 6.04 Å². The van der Waals surface area contributed by atoms with Crippen LogP contribution < -0.4 is 11.1 Å². The zero-order valence-electron chi connectivity index (χ0n) is 11.4. The number of carboxylic acids is 1. The number of amides is 1. The van der Waals surface area contributed by atoms with E-state index in [9.17, 15) is 14.7 Å². The fourth-order valence-electron chi connectivity index (χ4n) is 2.48. The van der Waals surface area contributed by atoms with Crippen molar-refractivity contribution < 1.29 is 19.4 Å². The van der Waals surface area contributed by atoms with Gasteiger partial charge >= 0.3 is 5.97 Å². The molecule has 0 aromatic rings. The maximum Gasteiger partial charge on any atom is 0.326 e. The van der Waals surface area contributed by atoms with Gasteiger partial charge in [-0.15, -0.1) is 0 Å². The molecule has 0 radical (unpaired) electrons. The Kier molecular flexibility index (Phi) is 6.80. The standard InChI is InChI=1S/C13H24N2O4/c1-19-8-7-10(14)12(16)15-11(13(17)18)9-5-3-2-4-6-9/h9-11H,2-8,14H2,1H3,(H,15,16)(H,17,18). The van der Waals surface area contributed by atoms with E-state index in [1.807, 2.05) is 0 Å². The number of carbonyl (C=O) groups is 2. The largest absolute Gasteiger partial charge is 0.480 e. The number of rotatable bonds is 7. The molecule has 1 aliphatic carbocycles. The fraction of sp³-hybridized carbons (Fsp3) is 0.846. The van der Waals surface area contributed by atoms with Crippen LogP contribution in [0, 0.1) is 5.92 Å². The van der Waals surface area contributed by atoms with Crippen LogP contribution >= 0.6 is 0 Å². The van der Waals surface area contributed by atoms with Crippen LogP contribution in [0.1, 0.15) is 38.5 Å². The van der Waals surface area contributed by atoms with E-state index >= 15 is 0 Å². The second kappa shape index (κ2) is 8.12. The number of aliphatic carboxylic acids is 1. The van der Waals surface area contributed by atoms with Crippen molar-refractivity contribution in [2.75, 3.05) is 13.7 Å². The second-order valence-corrected chi connectivity index (χ2v) is 5.11. The van der Waals surface area contributed by atoms with E-state index in [4.69, 9.17) is 10.5 Å². The number of ether oxygens (including phenoxy) is 1. The van der Waals surface area contributed by atoms with Crippen molar-refractivity contribution in [3.8, 4) is 0 Å². The van der Waals surface area contributed by atoms with Gasteiger partial charge in [0.15, 0.2) is 0 Å². The molecule has 0 saturated heterocycles. The highest BCUT2D eigenvalue weighted by atomic mass is 16.5. The van der Waals surface area contributed by atoms with Crippen molar-refractivity contribution in [2.24, 2.45) is 11.7 Å². The molecule has 0 aromatic carbocycles. The summed E-state index contributed by atoms with van der Waals surface area (Å²) in [6.45, 7) is 0.385. The molecule has 1 fully saturated rings. The summed E-state index contributed by atoms with van der Waals surface area (Å²) in [5.74, 6) is -1.36. The Balaban J connectivity index is 2.52. The lowest BCUT2D eigenvalue weighted by molar-refractivity contribution is -0.144. The van der Waals surface area contributed by atoms with Crippen LogP contribution in [0.15, 0.2) is 0 Å².